The quantitative estimate of drug-likeness (QED) is 0.886. The number of aliphatic hydroxyl groups is 1. The Hall–Kier alpha value is -0.870. The number of hydrogen-bond acceptors (Lipinski definition) is 2. The molecule has 20 heavy (non-hydrogen) atoms. The van der Waals surface area contributed by atoms with Gasteiger partial charge in [-0.3, -0.25) is 4.79 Å². The van der Waals surface area contributed by atoms with Gasteiger partial charge >= 0.3 is 0 Å². The Bertz CT molecular complexity index is 541. The molecule has 0 radical (unpaired) electrons. The van der Waals surface area contributed by atoms with Gasteiger partial charge in [-0.2, -0.15) is 0 Å². The SMILES string of the molecule is CC[C@@H](CO)NC(=O)[C@@H]1C[C@]12CCc1cc(Br)ccc12. The highest BCUT2D eigenvalue weighted by molar-refractivity contribution is 9.10. The van der Waals surface area contributed by atoms with Crippen LogP contribution in [0.25, 0.3) is 0 Å². The van der Waals surface area contributed by atoms with E-state index >= 15 is 0 Å². The molecule has 1 saturated carbocycles. The van der Waals surface area contributed by atoms with Gasteiger partial charge in [0.1, 0.15) is 0 Å². The van der Waals surface area contributed by atoms with E-state index in [1.54, 1.807) is 0 Å². The lowest BCUT2D eigenvalue weighted by atomic mass is 9.95. The largest absolute Gasteiger partial charge is 0.394 e. The number of aryl methyl sites for hydroxylation is 1. The number of amides is 1. The molecule has 3 rings (SSSR count). The first-order chi connectivity index (χ1) is 9.60. The Morgan fingerprint density at radius 1 is 1.60 bits per heavy atom. The fourth-order valence-corrected chi connectivity index (χ4v) is 3.96. The second-order valence-corrected chi connectivity index (χ2v) is 6.93. The summed E-state index contributed by atoms with van der Waals surface area (Å²) >= 11 is 3.51. The Kier molecular flexibility index (Phi) is 3.63. The van der Waals surface area contributed by atoms with Crippen LogP contribution < -0.4 is 5.32 Å². The van der Waals surface area contributed by atoms with Crippen molar-refractivity contribution >= 4 is 21.8 Å². The lowest BCUT2D eigenvalue weighted by molar-refractivity contribution is -0.123. The number of fused-ring (bicyclic) bond motifs is 2. The first-order valence-electron chi connectivity index (χ1n) is 7.31. The summed E-state index contributed by atoms with van der Waals surface area (Å²) in [5.41, 5.74) is 2.81. The van der Waals surface area contributed by atoms with Gasteiger partial charge in [-0.25, -0.2) is 0 Å². The summed E-state index contributed by atoms with van der Waals surface area (Å²) in [4.78, 5) is 12.3. The van der Waals surface area contributed by atoms with Gasteiger partial charge in [0.2, 0.25) is 5.91 Å². The zero-order valence-electron chi connectivity index (χ0n) is 11.7. The number of aliphatic hydroxyl groups excluding tert-OH is 1. The molecule has 0 aliphatic heterocycles. The molecule has 0 unspecified atom stereocenters. The van der Waals surface area contributed by atoms with E-state index in [2.05, 4.69) is 39.4 Å². The third-order valence-corrected chi connectivity index (χ3v) is 5.39. The Morgan fingerprint density at radius 2 is 2.40 bits per heavy atom. The molecule has 1 aromatic carbocycles. The summed E-state index contributed by atoms with van der Waals surface area (Å²) in [7, 11) is 0. The number of rotatable bonds is 4. The Balaban J connectivity index is 1.75. The van der Waals surface area contributed by atoms with E-state index in [9.17, 15) is 9.90 Å². The summed E-state index contributed by atoms with van der Waals surface area (Å²) < 4.78 is 1.11. The van der Waals surface area contributed by atoms with Crippen molar-refractivity contribution in [2.75, 3.05) is 6.61 Å². The van der Waals surface area contributed by atoms with Gasteiger partial charge in [0.25, 0.3) is 0 Å². The summed E-state index contributed by atoms with van der Waals surface area (Å²) in [5.74, 6) is 0.201. The maximum absolute atomic E-state index is 12.3. The maximum atomic E-state index is 12.3. The van der Waals surface area contributed by atoms with Crippen LogP contribution in [0, 0.1) is 5.92 Å². The lowest BCUT2D eigenvalue weighted by Crippen LogP contribution is -2.39. The van der Waals surface area contributed by atoms with Crippen molar-refractivity contribution in [3.8, 4) is 0 Å². The fraction of sp³-hybridized carbons (Fsp3) is 0.562. The molecular formula is C16H20BrNO2. The molecule has 1 aromatic rings. The van der Waals surface area contributed by atoms with E-state index < -0.39 is 0 Å². The standard InChI is InChI=1S/C16H20BrNO2/c1-2-12(9-19)18-15(20)14-8-16(14)6-5-10-7-11(17)3-4-13(10)16/h3-4,7,12,14,19H,2,5-6,8-9H2,1H3,(H,18,20)/t12-,14-,16-/m0/s1. The molecule has 2 aliphatic carbocycles. The number of benzene rings is 1. The van der Waals surface area contributed by atoms with Gasteiger partial charge in [-0.05, 0) is 48.9 Å². The topological polar surface area (TPSA) is 49.3 Å². The Labute approximate surface area is 127 Å². The van der Waals surface area contributed by atoms with Gasteiger partial charge in [0.15, 0.2) is 0 Å². The summed E-state index contributed by atoms with van der Waals surface area (Å²) in [6.45, 7) is 2.00. The number of hydrogen-bond donors (Lipinski definition) is 2. The number of carbonyl (C=O) groups excluding carboxylic acids is 1. The molecule has 0 saturated heterocycles. The van der Waals surface area contributed by atoms with Gasteiger partial charge in [-0.1, -0.05) is 28.9 Å². The molecule has 1 fully saturated rings. The monoisotopic (exact) mass is 337 g/mol. The highest BCUT2D eigenvalue weighted by Crippen LogP contribution is 2.61. The average molecular weight is 338 g/mol. The van der Waals surface area contributed by atoms with Crippen molar-refractivity contribution in [2.24, 2.45) is 5.92 Å². The van der Waals surface area contributed by atoms with Crippen LogP contribution in [-0.2, 0) is 16.6 Å². The third kappa shape index (κ3) is 2.19. The average Bonchev–Trinajstić information content (AvgIpc) is 3.07. The molecule has 0 bridgehead atoms. The second-order valence-electron chi connectivity index (χ2n) is 6.01. The zero-order valence-corrected chi connectivity index (χ0v) is 13.2. The minimum Gasteiger partial charge on any atom is -0.394 e. The smallest absolute Gasteiger partial charge is 0.224 e. The molecule has 0 aromatic heterocycles. The van der Waals surface area contributed by atoms with E-state index in [-0.39, 0.29) is 29.9 Å². The van der Waals surface area contributed by atoms with Crippen molar-refractivity contribution < 1.29 is 9.90 Å². The fourth-order valence-electron chi connectivity index (χ4n) is 3.55. The van der Waals surface area contributed by atoms with Crippen LogP contribution in [-0.4, -0.2) is 23.7 Å². The van der Waals surface area contributed by atoms with E-state index in [0.29, 0.717) is 0 Å². The maximum Gasteiger partial charge on any atom is 0.224 e. The molecule has 3 nitrogen and oxygen atoms in total. The minimum absolute atomic E-state index is 0.0193. The molecular weight excluding hydrogens is 318 g/mol. The van der Waals surface area contributed by atoms with Gasteiger partial charge < -0.3 is 10.4 Å². The number of carbonyl (C=O) groups is 1. The lowest BCUT2D eigenvalue weighted by Gasteiger charge is -2.16. The van der Waals surface area contributed by atoms with Crippen molar-refractivity contribution in [3.05, 3.63) is 33.8 Å². The van der Waals surface area contributed by atoms with Crippen molar-refractivity contribution in [2.45, 2.75) is 44.1 Å². The predicted molar refractivity (Wildman–Crippen MR) is 81.6 cm³/mol. The molecule has 4 heteroatoms. The van der Waals surface area contributed by atoms with Crippen LogP contribution in [0.5, 0.6) is 0 Å². The summed E-state index contributed by atoms with van der Waals surface area (Å²) in [6.07, 6.45) is 3.86. The normalized spacial score (nSPS) is 28.2. The molecule has 108 valence electrons. The van der Waals surface area contributed by atoms with E-state index in [0.717, 1.165) is 30.2 Å². The van der Waals surface area contributed by atoms with Crippen LogP contribution in [0.4, 0.5) is 0 Å². The van der Waals surface area contributed by atoms with Gasteiger partial charge in [0.05, 0.1) is 12.6 Å². The molecule has 1 spiro atoms. The molecule has 3 atom stereocenters. The molecule has 1 amide bonds. The highest BCUT2D eigenvalue weighted by atomic mass is 79.9. The molecule has 0 heterocycles. The van der Waals surface area contributed by atoms with Crippen LogP contribution in [0.15, 0.2) is 22.7 Å². The van der Waals surface area contributed by atoms with E-state index in [1.807, 2.05) is 6.92 Å². The molecule has 2 aliphatic rings. The molecule has 2 N–H and O–H groups in total. The minimum atomic E-state index is -0.106. The summed E-state index contributed by atoms with van der Waals surface area (Å²) in [6, 6.07) is 6.32. The third-order valence-electron chi connectivity index (χ3n) is 4.90. The zero-order chi connectivity index (χ0) is 14.3. The first kappa shape index (κ1) is 14.1. The van der Waals surface area contributed by atoms with Gasteiger partial charge in [0, 0.05) is 15.8 Å². The second kappa shape index (κ2) is 5.15. The predicted octanol–water partition coefficient (Wildman–Crippen LogP) is 2.54. The van der Waals surface area contributed by atoms with Crippen LogP contribution in [0.1, 0.15) is 37.3 Å². The number of halogens is 1. The van der Waals surface area contributed by atoms with E-state index in [1.165, 1.54) is 11.1 Å². The van der Waals surface area contributed by atoms with Crippen molar-refractivity contribution in [1.29, 1.82) is 0 Å². The Morgan fingerprint density at radius 3 is 3.10 bits per heavy atom. The first-order valence-corrected chi connectivity index (χ1v) is 8.10. The van der Waals surface area contributed by atoms with Crippen LogP contribution >= 0.6 is 15.9 Å². The van der Waals surface area contributed by atoms with Crippen LogP contribution in [0.2, 0.25) is 0 Å². The number of nitrogens with one attached hydrogen (secondary N) is 1. The van der Waals surface area contributed by atoms with E-state index in [4.69, 9.17) is 0 Å². The summed E-state index contributed by atoms with van der Waals surface area (Å²) in [5, 5.41) is 12.2. The van der Waals surface area contributed by atoms with Gasteiger partial charge in [-0.15, -0.1) is 0 Å². The highest BCUT2D eigenvalue weighted by Gasteiger charge is 2.61. The van der Waals surface area contributed by atoms with Crippen molar-refractivity contribution in [1.82, 2.24) is 5.32 Å². The van der Waals surface area contributed by atoms with Crippen molar-refractivity contribution in [3.63, 3.8) is 0 Å². The van der Waals surface area contributed by atoms with Crippen LogP contribution in [0.3, 0.4) is 0 Å².